The van der Waals surface area contributed by atoms with E-state index in [0.717, 1.165) is 30.1 Å². The van der Waals surface area contributed by atoms with Crippen LogP contribution in [0.3, 0.4) is 0 Å². The highest BCUT2D eigenvalue weighted by Crippen LogP contribution is 2.61. The van der Waals surface area contributed by atoms with Crippen LogP contribution < -0.4 is 0 Å². The normalized spacial score (nSPS) is 50.6. The standard InChI is InChI=1S/C19H28O/c1-12-3-8-18-17-6-4-13-11-14(20)5-7-15(13)16(17)9-10-19(12,18)2/h3,11,14-18,20H,4-10H2,1-2H3/t14-,15-,16?,17?,18?,19+/m0/s1. The molecule has 0 aromatic carbocycles. The number of hydrogen-bond acceptors (Lipinski definition) is 1. The van der Waals surface area contributed by atoms with Crippen molar-refractivity contribution >= 4 is 0 Å². The van der Waals surface area contributed by atoms with E-state index in [9.17, 15) is 5.11 Å². The molecule has 2 fully saturated rings. The van der Waals surface area contributed by atoms with Gasteiger partial charge in [-0.25, -0.2) is 0 Å². The van der Waals surface area contributed by atoms with Crippen molar-refractivity contribution in [2.24, 2.45) is 29.1 Å². The zero-order chi connectivity index (χ0) is 13.9. The van der Waals surface area contributed by atoms with E-state index in [0.29, 0.717) is 5.41 Å². The van der Waals surface area contributed by atoms with Gasteiger partial charge in [-0.05, 0) is 81.0 Å². The van der Waals surface area contributed by atoms with E-state index in [1.54, 1.807) is 11.1 Å². The molecule has 0 aliphatic heterocycles. The Kier molecular flexibility index (Phi) is 2.93. The summed E-state index contributed by atoms with van der Waals surface area (Å²) in [5.41, 5.74) is 3.79. The zero-order valence-corrected chi connectivity index (χ0v) is 12.9. The number of fused-ring (bicyclic) bond motifs is 5. The summed E-state index contributed by atoms with van der Waals surface area (Å²) >= 11 is 0. The van der Waals surface area contributed by atoms with Gasteiger partial charge in [0, 0.05) is 0 Å². The van der Waals surface area contributed by atoms with Gasteiger partial charge in [-0.15, -0.1) is 0 Å². The molecular weight excluding hydrogens is 244 g/mol. The molecule has 0 amide bonds. The Labute approximate surface area is 123 Å². The highest BCUT2D eigenvalue weighted by Gasteiger charge is 2.52. The summed E-state index contributed by atoms with van der Waals surface area (Å²) in [6.45, 7) is 4.90. The molecule has 0 aromatic rings. The van der Waals surface area contributed by atoms with Crippen molar-refractivity contribution in [2.45, 2.75) is 64.9 Å². The van der Waals surface area contributed by atoms with Crippen LogP contribution >= 0.6 is 0 Å². The molecule has 1 heteroatoms. The van der Waals surface area contributed by atoms with Crippen LogP contribution in [0.4, 0.5) is 0 Å². The Morgan fingerprint density at radius 3 is 2.85 bits per heavy atom. The lowest BCUT2D eigenvalue weighted by molar-refractivity contribution is 0.00465. The smallest absolute Gasteiger partial charge is 0.0723 e. The third-order valence-electron chi connectivity index (χ3n) is 7.40. The molecule has 110 valence electrons. The molecule has 0 heterocycles. The van der Waals surface area contributed by atoms with Crippen molar-refractivity contribution in [3.8, 4) is 0 Å². The molecule has 3 unspecified atom stereocenters. The fraction of sp³-hybridized carbons (Fsp3) is 0.789. The average Bonchev–Trinajstić information content (AvgIpc) is 2.74. The molecule has 0 saturated heterocycles. The van der Waals surface area contributed by atoms with E-state index < -0.39 is 0 Å². The van der Waals surface area contributed by atoms with Crippen molar-refractivity contribution in [1.29, 1.82) is 0 Å². The second kappa shape index (κ2) is 4.47. The Bertz CT molecular complexity index is 474. The molecule has 4 aliphatic carbocycles. The summed E-state index contributed by atoms with van der Waals surface area (Å²) in [6.07, 6.45) is 13.6. The van der Waals surface area contributed by atoms with E-state index in [1.165, 1.54) is 38.5 Å². The lowest BCUT2D eigenvalue weighted by Crippen LogP contribution is -2.45. The minimum Gasteiger partial charge on any atom is -0.389 e. The second-order valence-electron chi connectivity index (χ2n) is 8.04. The molecule has 0 radical (unpaired) electrons. The Hall–Kier alpha value is -0.560. The van der Waals surface area contributed by atoms with E-state index >= 15 is 0 Å². The Balaban J connectivity index is 1.62. The summed E-state index contributed by atoms with van der Waals surface area (Å²) in [5.74, 6) is 3.58. The molecule has 0 aromatic heterocycles. The SMILES string of the molecule is CC1=CCC2C3CCC4=C[C@@H](O)CC[C@@H]4C3CC[C@]12C. The molecule has 1 nitrogen and oxygen atoms in total. The van der Waals surface area contributed by atoms with Crippen molar-refractivity contribution in [3.05, 3.63) is 23.3 Å². The lowest BCUT2D eigenvalue weighted by Gasteiger charge is -2.53. The van der Waals surface area contributed by atoms with Gasteiger partial charge in [0.05, 0.1) is 6.10 Å². The first-order chi connectivity index (χ1) is 9.59. The first-order valence-corrected chi connectivity index (χ1v) is 8.65. The molecule has 0 spiro atoms. The van der Waals surface area contributed by atoms with Gasteiger partial charge in [-0.1, -0.05) is 30.2 Å². The summed E-state index contributed by atoms with van der Waals surface area (Å²) in [6, 6.07) is 0. The van der Waals surface area contributed by atoms with Crippen LogP contribution in [0.1, 0.15) is 58.8 Å². The monoisotopic (exact) mass is 272 g/mol. The Morgan fingerprint density at radius 2 is 2.00 bits per heavy atom. The fourth-order valence-corrected chi connectivity index (χ4v) is 6.09. The molecule has 20 heavy (non-hydrogen) atoms. The predicted octanol–water partition coefficient (Wildman–Crippen LogP) is 4.48. The van der Waals surface area contributed by atoms with Gasteiger partial charge in [0.15, 0.2) is 0 Å². The maximum absolute atomic E-state index is 9.89. The highest BCUT2D eigenvalue weighted by atomic mass is 16.3. The minimum absolute atomic E-state index is 0.151. The quantitative estimate of drug-likeness (QED) is 0.645. The number of allylic oxidation sites excluding steroid dienone is 3. The highest BCUT2D eigenvalue weighted by molar-refractivity contribution is 5.26. The van der Waals surface area contributed by atoms with E-state index in [4.69, 9.17) is 0 Å². The summed E-state index contributed by atoms with van der Waals surface area (Å²) in [4.78, 5) is 0. The third-order valence-corrected chi connectivity index (χ3v) is 7.40. The zero-order valence-electron chi connectivity index (χ0n) is 12.9. The van der Waals surface area contributed by atoms with Gasteiger partial charge >= 0.3 is 0 Å². The van der Waals surface area contributed by atoms with Gasteiger partial charge in [-0.2, -0.15) is 0 Å². The van der Waals surface area contributed by atoms with Gasteiger partial charge in [0.25, 0.3) is 0 Å². The predicted molar refractivity (Wildman–Crippen MR) is 82.2 cm³/mol. The lowest BCUT2D eigenvalue weighted by atomic mass is 9.51. The number of aliphatic hydroxyl groups is 1. The van der Waals surface area contributed by atoms with E-state index in [1.807, 2.05) is 0 Å². The van der Waals surface area contributed by atoms with Crippen LogP contribution in [-0.2, 0) is 0 Å². The van der Waals surface area contributed by atoms with Crippen LogP contribution in [0.25, 0.3) is 0 Å². The molecule has 0 bridgehead atoms. The number of rotatable bonds is 0. The number of hydrogen-bond donors (Lipinski definition) is 1. The third kappa shape index (κ3) is 1.71. The fourth-order valence-electron chi connectivity index (χ4n) is 6.09. The molecular formula is C19H28O. The first-order valence-electron chi connectivity index (χ1n) is 8.65. The maximum Gasteiger partial charge on any atom is 0.0723 e. The molecule has 6 atom stereocenters. The van der Waals surface area contributed by atoms with Crippen molar-refractivity contribution < 1.29 is 5.11 Å². The van der Waals surface area contributed by atoms with Gasteiger partial charge in [-0.3, -0.25) is 0 Å². The molecule has 4 aliphatic rings. The minimum atomic E-state index is -0.151. The largest absolute Gasteiger partial charge is 0.389 e. The first kappa shape index (κ1) is 13.1. The molecule has 2 saturated carbocycles. The average molecular weight is 272 g/mol. The van der Waals surface area contributed by atoms with Crippen LogP contribution in [0.15, 0.2) is 23.3 Å². The topological polar surface area (TPSA) is 20.2 Å². The molecule has 1 N–H and O–H groups in total. The van der Waals surface area contributed by atoms with Crippen LogP contribution in [0.2, 0.25) is 0 Å². The van der Waals surface area contributed by atoms with Crippen molar-refractivity contribution in [2.75, 3.05) is 0 Å². The van der Waals surface area contributed by atoms with Gasteiger partial charge < -0.3 is 5.11 Å². The molecule has 4 rings (SSSR count). The van der Waals surface area contributed by atoms with Gasteiger partial charge in [0.1, 0.15) is 0 Å². The van der Waals surface area contributed by atoms with Crippen LogP contribution in [0, 0.1) is 29.1 Å². The van der Waals surface area contributed by atoms with Crippen LogP contribution in [0.5, 0.6) is 0 Å². The summed E-state index contributed by atoms with van der Waals surface area (Å²) < 4.78 is 0. The van der Waals surface area contributed by atoms with E-state index in [-0.39, 0.29) is 6.10 Å². The summed E-state index contributed by atoms with van der Waals surface area (Å²) in [7, 11) is 0. The van der Waals surface area contributed by atoms with E-state index in [2.05, 4.69) is 26.0 Å². The maximum atomic E-state index is 9.89. The van der Waals surface area contributed by atoms with Crippen molar-refractivity contribution in [1.82, 2.24) is 0 Å². The summed E-state index contributed by atoms with van der Waals surface area (Å²) in [5, 5.41) is 9.89. The second-order valence-corrected chi connectivity index (χ2v) is 8.04. The van der Waals surface area contributed by atoms with Crippen molar-refractivity contribution in [3.63, 3.8) is 0 Å². The van der Waals surface area contributed by atoms with Crippen LogP contribution in [-0.4, -0.2) is 11.2 Å². The number of aliphatic hydroxyl groups excluding tert-OH is 1. The Morgan fingerprint density at radius 1 is 1.15 bits per heavy atom. The van der Waals surface area contributed by atoms with Gasteiger partial charge in [0.2, 0.25) is 0 Å².